The zero-order chi connectivity index (χ0) is 65.8. The average Bonchev–Trinajstić information content (AvgIpc) is 1.59. The molecule has 0 radical (unpaired) electrons. The van der Waals surface area contributed by atoms with Gasteiger partial charge in [-0.05, 0) is 145 Å². The van der Waals surface area contributed by atoms with Crippen LogP contribution in [0.4, 0.5) is 66.8 Å². The summed E-state index contributed by atoms with van der Waals surface area (Å²) in [4.78, 5) is 45.1. The molecule has 492 valence electrons. The summed E-state index contributed by atoms with van der Waals surface area (Å²) < 4.78 is 140. The van der Waals surface area contributed by atoms with E-state index in [4.69, 9.17) is 21.1 Å². The molecule has 0 bridgehead atoms. The average molecular weight is 1340 g/mol. The molecular formula is C58H74Cl2F6N14O8S2. The van der Waals surface area contributed by atoms with Gasteiger partial charge in [0.2, 0.25) is 31.9 Å². The van der Waals surface area contributed by atoms with Gasteiger partial charge in [0.1, 0.15) is 40.1 Å². The molecule has 4 heterocycles. The first-order chi connectivity index (χ1) is 41.7. The van der Waals surface area contributed by atoms with Crippen molar-refractivity contribution in [2.24, 2.45) is 0 Å². The highest BCUT2D eigenvalue weighted by Crippen LogP contribution is 2.37. The number of anilines is 7. The minimum atomic E-state index is -4.76. The third kappa shape index (κ3) is 20.5. The molecule has 0 aliphatic carbocycles. The van der Waals surface area contributed by atoms with Gasteiger partial charge in [-0.15, -0.1) is 0 Å². The van der Waals surface area contributed by atoms with Crippen molar-refractivity contribution in [3.8, 4) is 11.5 Å². The smallest absolute Gasteiger partial charge is 0.421 e. The van der Waals surface area contributed by atoms with Crippen LogP contribution in [0.1, 0.15) is 79.8 Å². The lowest BCUT2D eigenvalue weighted by Gasteiger charge is -2.29. The Balaban J connectivity index is 0.000000275. The Bertz CT molecular complexity index is 3690. The summed E-state index contributed by atoms with van der Waals surface area (Å²) in [5.74, 6) is -0.675. The molecule has 0 spiro atoms. The monoisotopic (exact) mass is 1340 g/mol. The van der Waals surface area contributed by atoms with Crippen LogP contribution in [0, 0.1) is 13.8 Å². The van der Waals surface area contributed by atoms with E-state index in [2.05, 4.69) is 62.1 Å². The van der Waals surface area contributed by atoms with Crippen molar-refractivity contribution in [2.75, 3.05) is 106 Å². The molecule has 4 aromatic carbocycles. The maximum absolute atomic E-state index is 13.9. The highest BCUT2D eigenvalue weighted by Gasteiger charge is 2.36. The molecule has 0 atom stereocenters. The first-order valence-corrected chi connectivity index (χ1v) is 31.8. The number of alkyl halides is 6. The van der Waals surface area contributed by atoms with E-state index in [9.17, 15) is 52.8 Å². The van der Waals surface area contributed by atoms with Gasteiger partial charge in [-0.25, -0.2) is 31.8 Å². The number of nitrogens with one attached hydrogen (secondary N) is 5. The number of hydrogen-bond acceptors (Lipinski definition) is 17. The molecule has 0 saturated carbocycles. The van der Waals surface area contributed by atoms with E-state index >= 15 is 0 Å². The van der Waals surface area contributed by atoms with Gasteiger partial charge in [0, 0.05) is 61.8 Å². The molecule has 2 aliphatic rings. The number of nitrogens with zero attached hydrogens (tertiary/aromatic N) is 8. The number of hydrogen-bond donors (Lipinski definition) is 6. The van der Waals surface area contributed by atoms with Crippen LogP contribution in [0.5, 0.6) is 11.5 Å². The summed E-state index contributed by atoms with van der Waals surface area (Å²) in [5, 5.41) is 13.7. The number of benzene rings is 4. The van der Waals surface area contributed by atoms with Crippen LogP contribution in [-0.2, 0) is 45.5 Å². The molecular weight excluding hydrogens is 1270 g/mol. The SMILES string of the molecule is COc1cc(C(=O)NC2CCN(C)CC2)ccc1Nc1ncc(C(F)(F)F)c(Cl)n1.COc1cc(C(=O)NC2CCN(C)CC2)ccc1Nc1ncc(C(F)(F)F)c(NCc2ccc(C)cc2N(C)S(C)(=O)=O)n1.Cc1ccc(C[NH3+])c(N(C)S(C)(=O)=O)c1.[Cl-]. The normalized spacial score (nSPS) is 14.3. The number of sulfonamides is 2. The predicted octanol–water partition coefficient (Wildman–Crippen LogP) is 5.25. The second-order valence-electron chi connectivity index (χ2n) is 21.4. The minimum absolute atomic E-state index is 0. The predicted molar refractivity (Wildman–Crippen MR) is 330 cm³/mol. The molecule has 8 rings (SSSR count). The van der Waals surface area contributed by atoms with Gasteiger partial charge in [0.25, 0.3) is 11.8 Å². The summed E-state index contributed by atoms with van der Waals surface area (Å²) in [7, 11) is 3.01. The van der Waals surface area contributed by atoms with Gasteiger partial charge in [-0.1, -0.05) is 35.9 Å². The standard InChI is InChI=1S/C29H36F3N7O4S.C19H21ClF3N5O2.C10H16N2O2S.ClH/c1-18-6-7-20(24(14-18)39(3)44(5,41)42)16-33-26-22(29(30,31)32)17-34-28(37-26)36-23-9-8-19(15-25(23)43-4)27(40)35-21-10-12-38(2)13-11-21;1-28-7-5-12(6-8-28)25-17(29)11-3-4-14(15(9-11)30-2)26-18-24-10-13(16(20)27-18)19(21,22)23;1-8-4-5-9(7-11)10(6-8)12(2)15(3,13)14;/h6-9,14-15,17,21H,10-13,16H2,1-5H3,(H,35,40)(H2,33,34,36,37);3-4,9-10,12H,5-8H2,1-2H3,(H,25,29)(H,24,26,27);4-6H,7,11H2,1-3H3;1H. The van der Waals surface area contributed by atoms with Crippen molar-refractivity contribution in [1.82, 2.24) is 40.4 Å². The molecule has 22 nitrogen and oxygen atoms in total. The second kappa shape index (κ2) is 31.5. The van der Waals surface area contributed by atoms with Crippen molar-refractivity contribution in [2.45, 2.75) is 77.1 Å². The Morgan fingerprint density at radius 1 is 0.644 bits per heavy atom. The highest BCUT2D eigenvalue weighted by atomic mass is 35.5. The van der Waals surface area contributed by atoms with Crippen LogP contribution in [0.25, 0.3) is 0 Å². The number of likely N-dealkylation sites (tertiary alicyclic amines) is 2. The molecule has 8 N–H and O–H groups in total. The fourth-order valence-corrected chi connectivity index (χ4v) is 10.5. The number of rotatable bonds is 18. The fraction of sp³-hybridized carbons (Fsp3) is 0.414. The number of aryl methyl sites for hydroxylation is 2. The Morgan fingerprint density at radius 2 is 1.04 bits per heavy atom. The Kier molecular flexibility index (Phi) is 25.6. The summed E-state index contributed by atoms with van der Waals surface area (Å²) in [6, 6.07) is 20.3. The summed E-state index contributed by atoms with van der Waals surface area (Å²) in [6.45, 7) is 7.78. The Hall–Kier alpha value is -7.48. The maximum atomic E-state index is 13.9. The summed E-state index contributed by atoms with van der Waals surface area (Å²) in [6.07, 6.45) is -2.45. The van der Waals surface area contributed by atoms with Crippen molar-refractivity contribution >= 4 is 83.9 Å². The quantitative estimate of drug-likeness (QED) is 0.0474. The molecule has 6 aromatic rings. The molecule has 2 aromatic heterocycles. The number of halogens is 8. The molecule has 90 heavy (non-hydrogen) atoms. The van der Waals surface area contributed by atoms with Crippen LogP contribution in [0.15, 0.2) is 85.2 Å². The Labute approximate surface area is 531 Å². The zero-order valence-electron chi connectivity index (χ0n) is 51.2. The van der Waals surface area contributed by atoms with Crippen molar-refractivity contribution in [1.29, 1.82) is 0 Å². The van der Waals surface area contributed by atoms with Crippen molar-refractivity contribution < 1.29 is 80.4 Å². The molecule has 2 amide bonds. The Morgan fingerprint density at radius 3 is 1.43 bits per heavy atom. The zero-order valence-corrected chi connectivity index (χ0v) is 54.3. The summed E-state index contributed by atoms with van der Waals surface area (Å²) in [5.41, 5.74) is 7.31. The number of carbonyl (C=O) groups excluding carboxylic acids is 2. The number of carbonyl (C=O) groups is 2. The van der Waals surface area contributed by atoms with E-state index in [0.29, 0.717) is 64.1 Å². The number of amides is 2. The minimum Gasteiger partial charge on any atom is -1.00 e. The van der Waals surface area contributed by atoms with E-state index < -0.39 is 54.5 Å². The lowest BCUT2D eigenvalue weighted by Crippen LogP contribution is -3.00. The van der Waals surface area contributed by atoms with Crippen molar-refractivity contribution in [3.05, 3.63) is 135 Å². The lowest BCUT2D eigenvalue weighted by atomic mass is 10.0. The largest absolute Gasteiger partial charge is 1.00 e. The number of ether oxygens (including phenoxy) is 2. The first kappa shape index (κ1) is 73.3. The molecule has 2 saturated heterocycles. The van der Waals surface area contributed by atoms with Gasteiger partial charge in [0.15, 0.2) is 0 Å². The van der Waals surface area contributed by atoms with E-state index in [1.165, 1.54) is 44.0 Å². The topological polar surface area (TPSA) is 273 Å². The number of aromatic nitrogens is 4. The van der Waals surface area contributed by atoms with Gasteiger partial charge in [-0.3, -0.25) is 18.2 Å². The van der Waals surface area contributed by atoms with Gasteiger partial charge >= 0.3 is 12.4 Å². The lowest BCUT2D eigenvalue weighted by molar-refractivity contribution is -0.386. The molecule has 2 fully saturated rings. The van der Waals surface area contributed by atoms with Crippen LogP contribution < -0.4 is 62.8 Å². The molecule has 0 unspecified atom stereocenters. The number of methoxy groups -OCH3 is 2. The van der Waals surface area contributed by atoms with E-state index in [1.807, 2.05) is 39.2 Å². The number of piperidine rings is 2. The maximum Gasteiger partial charge on any atom is 0.421 e. The van der Waals surface area contributed by atoms with Crippen LogP contribution in [0.2, 0.25) is 5.15 Å². The van der Waals surface area contributed by atoms with Crippen molar-refractivity contribution in [3.63, 3.8) is 0 Å². The van der Waals surface area contributed by atoms with Crippen LogP contribution in [0.3, 0.4) is 0 Å². The third-order valence-electron chi connectivity index (χ3n) is 14.5. The summed E-state index contributed by atoms with van der Waals surface area (Å²) >= 11 is 5.62. The van der Waals surface area contributed by atoms with E-state index in [-0.39, 0.29) is 60.5 Å². The van der Waals surface area contributed by atoms with E-state index in [1.54, 1.807) is 56.4 Å². The van der Waals surface area contributed by atoms with Gasteiger partial charge in [-0.2, -0.15) is 31.3 Å². The molecule has 2 aliphatic heterocycles. The van der Waals surface area contributed by atoms with Crippen LogP contribution in [-0.4, -0.2) is 152 Å². The molecule has 32 heteroatoms. The second-order valence-corrected chi connectivity index (χ2v) is 25.7. The van der Waals surface area contributed by atoms with E-state index in [0.717, 1.165) is 79.1 Å². The highest BCUT2D eigenvalue weighted by molar-refractivity contribution is 7.92. The van der Waals surface area contributed by atoms with Crippen LogP contribution >= 0.6 is 11.6 Å². The third-order valence-corrected chi connectivity index (χ3v) is 17.2. The van der Waals surface area contributed by atoms with Gasteiger partial charge in [0.05, 0.1) is 49.5 Å². The number of quaternary nitrogens is 1. The fourth-order valence-electron chi connectivity index (χ4n) is 9.18. The first-order valence-electron chi connectivity index (χ1n) is 27.7. The van der Waals surface area contributed by atoms with Gasteiger partial charge < -0.3 is 64.0 Å².